The molecule has 1 unspecified atom stereocenters. The number of benzene rings is 1. The van der Waals surface area contributed by atoms with Gasteiger partial charge in [-0.3, -0.25) is 4.79 Å². The molecule has 1 aliphatic heterocycles. The van der Waals surface area contributed by atoms with Crippen LogP contribution in [0.3, 0.4) is 0 Å². The minimum Gasteiger partial charge on any atom is -0.320 e. The number of amides is 1. The van der Waals surface area contributed by atoms with E-state index in [1.54, 1.807) is 0 Å². The van der Waals surface area contributed by atoms with Crippen LogP contribution in [0.2, 0.25) is 0 Å². The number of carbonyl (C=O) groups excluding carboxylic acids is 1. The van der Waals surface area contributed by atoms with Gasteiger partial charge in [-0.05, 0) is 18.6 Å². The molecule has 0 radical (unpaired) electrons. The van der Waals surface area contributed by atoms with Crippen molar-refractivity contribution in [3.63, 3.8) is 0 Å². The SMILES string of the molecule is CC1S/C(=C\C(=S)c2ccccc2)NC1=O. The summed E-state index contributed by atoms with van der Waals surface area (Å²) in [6.45, 7) is 1.88. The van der Waals surface area contributed by atoms with E-state index in [0.717, 1.165) is 15.5 Å². The van der Waals surface area contributed by atoms with Crippen LogP contribution >= 0.6 is 24.0 Å². The molecule has 16 heavy (non-hydrogen) atoms. The van der Waals surface area contributed by atoms with Crippen LogP contribution in [0.25, 0.3) is 0 Å². The first kappa shape index (κ1) is 11.4. The van der Waals surface area contributed by atoms with E-state index in [-0.39, 0.29) is 11.2 Å². The van der Waals surface area contributed by atoms with Crippen molar-refractivity contribution in [2.75, 3.05) is 0 Å². The molecule has 2 nitrogen and oxygen atoms in total. The number of rotatable bonds is 2. The average Bonchev–Trinajstić information content (AvgIpc) is 2.59. The van der Waals surface area contributed by atoms with E-state index in [2.05, 4.69) is 5.32 Å². The molecule has 0 spiro atoms. The van der Waals surface area contributed by atoms with Gasteiger partial charge in [-0.15, -0.1) is 0 Å². The van der Waals surface area contributed by atoms with Gasteiger partial charge in [0, 0.05) is 4.86 Å². The highest BCUT2D eigenvalue weighted by Gasteiger charge is 2.24. The van der Waals surface area contributed by atoms with Crippen molar-refractivity contribution in [2.24, 2.45) is 0 Å². The summed E-state index contributed by atoms with van der Waals surface area (Å²) in [4.78, 5) is 12.0. The van der Waals surface area contributed by atoms with Crippen molar-refractivity contribution >= 4 is 34.8 Å². The molecule has 1 atom stereocenters. The van der Waals surface area contributed by atoms with E-state index in [1.807, 2.05) is 43.3 Å². The Morgan fingerprint density at radius 1 is 1.44 bits per heavy atom. The molecular weight excluding hydrogens is 238 g/mol. The largest absolute Gasteiger partial charge is 0.320 e. The summed E-state index contributed by atoms with van der Waals surface area (Å²) < 4.78 is 0. The number of allylic oxidation sites excluding steroid dienone is 1. The predicted molar refractivity (Wildman–Crippen MR) is 71.4 cm³/mol. The second-order valence-corrected chi connectivity index (χ2v) is 5.31. The molecule has 2 rings (SSSR count). The van der Waals surface area contributed by atoms with Crippen LogP contribution < -0.4 is 5.32 Å². The number of carbonyl (C=O) groups is 1. The lowest BCUT2D eigenvalue weighted by atomic mass is 10.1. The van der Waals surface area contributed by atoms with E-state index in [0.29, 0.717) is 0 Å². The first-order valence-corrected chi connectivity index (χ1v) is 6.24. The first-order chi connectivity index (χ1) is 7.66. The maximum atomic E-state index is 11.3. The van der Waals surface area contributed by atoms with Gasteiger partial charge in [-0.1, -0.05) is 54.3 Å². The smallest absolute Gasteiger partial charge is 0.238 e. The Morgan fingerprint density at radius 2 is 2.12 bits per heavy atom. The lowest BCUT2D eigenvalue weighted by molar-refractivity contribution is -0.118. The van der Waals surface area contributed by atoms with Crippen molar-refractivity contribution in [1.82, 2.24) is 5.32 Å². The Kier molecular flexibility index (Phi) is 3.41. The molecule has 0 aromatic heterocycles. The lowest BCUT2D eigenvalue weighted by Gasteiger charge is -1.99. The van der Waals surface area contributed by atoms with Gasteiger partial charge >= 0.3 is 0 Å². The summed E-state index contributed by atoms with van der Waals surface area (Å²) in [5, 5.41) is 3.62. The highest BCUT2D eigenvalue weighted by molar-refractivity contribution is 8.04. The van der Waals surface area contributed by atoms with E-state index in [4.69, 9.17) is 12.2 Å². The van der Waals surface area contributed by atoms with Gasteiger partial charge in [0.05, 0.1) is 10.3 Å². The number of hydrogen-bond acceptors (Lipinski definition) is 3. The molecule has 1 fully saturated rings. The van der Waals surface area contributed by atoms with Crippen LogP contribution in [0.15, 0.2) is 41.4 Å². The number of thioether (sulfide) groups is 1. The Hall–Kier alpha value is -1.13. The molecule has 0 aliphatic carbocycles. The zero-order valence-electron chi connectivity index (χ0n) is 8.77. The van der Waals surface area contributed by atoms with Gasteiger partial charge in [0.25, 0.3) is 0 Å². The molecule has 0 saturated carbocycles. The Bertz CT molecular complexity index is 453. The zero-order chi connectivity index (χ0) is 11.5. The van der Waals surface area contributed by atoms with E-state index in [9.17, 15) is 4.79 Å². The third-order valence-electron chi connectivity index (χ3n) is 2.24. The fourth-order valence-corrected chi connectivity index (χ4v) is 2.59. The second kappa shape index (κ2) is 4.80. The van der Waals surface area contributed by atoms with Gasteiger partial charge in [0.1, 0.15) is 0 Å². The van der Waals surface area contributed by atoms with Crippen molar-refractivity contribution in [3.05, 3.63) is 47.0 Å². The van der Waals surface area contributed by atoms with Crippen LogP contribution in [0.1, 0.15) is 12.5 Å². The standard InChI is InChI=1S/C12H11NOS2/c1-8-12(14)13-11(16-8)7-10(15)9-5-3-2-4-6-9/h2-8H,1H3,(H,13,14)/b11-7-. The summed E-state index contributed by atoms with van der Waals surface area (Å²) in [7, 11) is 0. The van der Waals surface area contributed by atoms with Crippen LogP contribution in [-0.2, 0) is 4.79 Å². The van der Waals surface area contributed by atoms with Crippen LogP contribution in [-0.4, -0.2) is 16.0 Å². The highest BCUT2D eigenvalue weighted by atomic mass is 32.2. The minimum absolute atomic E-state index is 0.0233. The maximum absolute atomic E-state index is 11.3. The topological polar surface area (TPSA) is 29.1 Å². The fourth-order valence-electron chi connectivity index (χ4n) is 1.37. The normalized spacial score (nSPS) is 22.2. The van der Waals surface area contributed by atoms with Crippen LogP contribution in [0, 0.1) is 0 Å². The number of hydrogen-bond donors (Lipinski definition) is 1. The molecule has 1 amide bonds. The average molecular weight is 249 g/mol. The molecule has 1 aromatic carbocycles. The first-order valence-electron chi connectivity index (χ1n) is 4.95. The van der Waals surface area contributed by atoms with E-state index >= 15 is 0 Å². The highest BCUT2D eigenvalue weighted by Crippen LogP contribution is 2.26. The van der Waals surface area contributed by atoms with Crippen molar-refractivity contribution < 1.29 is 4.79 Å². The lowest BCUT2D eigenvalue weighted by Crippen LogP contribution is -2.19. The van der Waals surface area contributed by atoms with Crippen molar-refractivity contribution in [3.8, 4) is 0 Å². The van der Waals surface area contributed by atoms with Crippen molar-refractivity contribution in [2.45, 2.75) is 12.2 Å². The molecule has 82 valence electrons. The Labute approximate surface area is 104 Å². The minimum atomic E-state index is -0.0233. The van der Waals surface area contributed by atoms with Gasteiger partial charge in [-0.25, -0.2) is 0 Å². The monoisotopic (exact) mass is 249 g/mol. The summed E-state index contributed by atoms with van der Waals surface area (Å²) in [5.74, 6) is 0.0483. The van der Waals surface area contributed by atoms with Gasteiger partial charge < -0.3 is 5.32 Å². The molecule has 4 heteroatoms. The molecular formula is C12H11NOS2. The molecule has 1 saturated heterocycles. The fraction of sp³-hybridized carbons (Fsp3) is 0.167. The molecule has 1 heterocycles. The Balaban J connectivity index is 2.14. The third kappa shape index (κ3) is 2.51. The van der Waals surface area contributed by atoms with Crippen LogP contribution in [0.4, 0.5) is 0 Å². The van der Waals surface area contributed by atoms with E-state index in [1.165, 1.54) is 11.8 Å². The molecule has 1 aromatic rings. The van der Waals surface area contributed by atoms with Gasteiger partial charge in [0.15, 0.2) is 0 Å². The summed E-state index contributed by atoms with van der Waals surface area (Å²) >= 11 is 6.80. The van der Waals surface area contributed by atoms with Crippen LogP contribution in [0.5, 0.6) is 0 Å². The summed E-state index contributed by atoms with van der Waals surface area (Å²) in [6, 6.07) is 9.77. The number of thiocarbonyl (C=S) groups is 1. The zero-order valence-corrected chi connectivity index (χ0v) is 10.4. The molecule has 0 bridgehead atoms. The quantitative estimate of drug-likeness (QED) is 0.496. The van der Waals surface area contributed by atoms with Crippen molar-refractivity contribution in [1.29, 1.82) is 0 Å². The summed E-state index contributed by atoms with van der Waals surface area (Å²) in [5.41, 5.74) is 0.999. The number of nitrogens with one attached hydrogen (secondary N) is 1. The second-order valence-electron chi connectivity index (χ2n) is 3.49. The van der Waals surface area contributed by atoms with E-state index < -0.39 is 0 Å². The molecule has 1 aliphatic rings. The molecule has 1 N–H and O–H groups in total. The summed E-state index contributed by atoms with van der Waals surface area (Å²) in [6.07, 6.45) is 1.84. The maximum Gasteiger partial charge on any atom is 0.238 e. The van der Waals surface area contributed by atoms with Gasteiger partial charge in [0.2, 0.25) is 5.91 Å². The third-order valence-corrected chi connectivity index (χ3v) is 3.63. The van der Waals surface area contributed by atoms with Gasteiger partial charge in [-0.2, -0.15) is 0 Å². The predicted octanol–water partition coefficient (Wildman–Crippen LogP) is 2.50. The Morgan fingerprint density at radius 3 is 2.69 bits per heavy atom.